The van der Waals surface area contributed by atoms with Crippen molar-refractivity contribution < 1.29 is 9.53 Å². The van der Waals surface area contributed by atoms with Gasteiger partial charge < -0.3 is 10.1 Å². The van der Waals surface area contributed by atoms with Crippen molar-refractivity contribution in [3.63, 3.8) is 0 Å². The highest BCUT2D eigenvalue weighted by molar-refractivity contribution is 6.04. The Hall–Kier alpha value is -3.41. The molecule has 0 bridgehead atoms. The van der Waals surface area contributed by atoms with Crippen LogP contribution in [0.5, 0.6) is 5.75 Å². The fourth-order valence-corrected chi connectivity index (χ4v) is 3.93. The van der Waals surface area contributed by atoms with E-state index in [-0.39, 0.29) is 17.2 Å². The van der Waals surface area contributed by atoms with Gasteiger partial charge in [0.25, 0.3) is 11.5 Å². The normalized spacial score (nSPS) is 13.6. The number of benzene rings is 2. The van der Waals surface area contributed by atoms with Crippen LogP contribution in [0.2, 0.25) is 0 Å². The van der Waals surface area contributed by atoms with Gasteiger partial charge in [-0.05, 0) is 69.4 Å². The van der Waals surface area contributed by atoms with Gasteiger partial charge in [-0.2, -0.15) is 9.78 Å². The zero-order valence-corrected chi connectivity index (χ0v) is 17.8. The number of hydrogen-bond donors (Lipinski definition) is 1. The SMILES string of the molecule is CCOc1ccc(-n2nc(C(=O)NCCC3=CCCCC3)c3ccccc3c2=O)cc1. The van der Waals surface area contributed by atoms with E-state index in [9.17, 15) is 9.59 Å². The smallest absolute Gasteiger partial charge is 0.279 e. The standard InChI is InChI=1S/C25H27N3O3/c1-2-31-20-14-12-19(13-15-20)28-25(30)22-11-7-6-10-21(22)23(27-28)24(29)26-17-16-18-8-4-3-5-9-18/h6-8,10-15H,2-5,9,16-17H2,1H3,(H,26,29). The molecule has 1 N–H and O–H groups in total. The van der Waals surface area contributed by atoms with E-state index < -0.39 is 0 Å². The predicted octanol–water partition coefficient (Wildman–Crippen LogP) is 4.40. The quantitative estimate of drug-likeness (QED) is 0.578. The van der Waals surface area contributed by atoms with Crippen LogP contribution in [0.15, 0.2) is 65.0 Å². The van der Waals surface area contributed by atoms with Crippen molar-refractivity contribution in [2.75, 3.05) is 13.2 Å². The summed E-state index contributed by atoms with van der Waals surface area (Å²) >= 11 is 0. The minimum absolute atomic E-state index is 0.252. The maximum Gasteiger partial charge on any atom is 0.279 e. The number of carbonyl (C=O) groups is 1. The van der Waals surface area contributed by atoms with E-state index in [2.05, 4.69) is 16.5 Å². The molecule has 1 amide bonds. The Morgan fingerprint density at radius 1 is 1.10 bits per heavy atom. The zero-order chi connectivity index (χ0) is 21.6. The molecule has 0 unspecified atom stereocenters. The van der Waals surface area contributed by atoms with E-state index in [1.807, 2.05) is 13.0 Å². The lowest BCUT2D eigenvalue weighted by Gasteiger charge is -2.14. The summed E-state index contributed by atoms with van der Waals surface area (Å²) in [7, 11) is 0. The van der Waals surface area contributed by atoms with Gasteiger partial charge in [0.05, 0.1) is 17.7 Å². The zero-order valence-electron chi connectivity index (χ0n) is 17.8. The van der Waals surface area contributed by atoms with Gasteiger partial charge in [-0.15, -0.1) is 0 Å². The van der Waals surface area contributed by atoms with Crippen LogP contribution in [-0.4, -0.2) is 28.8 Å². The maximum absolute atomic E-state index is 13.1. The Balaban J connectivity index is 1.64. The second kappa shape index (κ2) is 9.60. The lowest BCUT2D eigenvalue weighted by molar-refractivity contribution is 0.0949. The van der Waals surface area contributed by atoms with Crippen molar-refractivity contribution in [1.82, 2.24) is 15.1 Å². The summed E-state index contributed by atoms with van der Waals surface area (Å²) < 4.78 is 6.77. The fourth-order valence-electron chi connectivity index (χ4n) is 3.93. The summed E-state index contributed by atoms with van der Waals surface area (Å²) in [6.45, 7) is 3.04. The largest absolute Gasteiger partial charge is 0.494 e. The lowest BCUT2D eigenvalue weighted by atomic mass is 9.97. The molecule has 0 radical (unpaired) electrons. The van der Waals surface area contributed by atoms with Crippen LogP contribution in [0, 0.1) is 0 Å². The van der Waals surface area contributed by atoms with Crippen molar-refractivity contribution in [3.8, 4) is 11.4 Å². The number of rotatable bonds is 7. The van der Waals surface area contributed by atoms with E-state index in [1.165, 1.54) is 23.1 Å². The first-order chi connectivity index (χ1) is 15.2. The van der Waals surface area contributed by atoms with Gasteiger partial charge in [0.1, 0.15) is 5.75 Å². The Morgan fingerprint density at radius 2 is 1.87 bits per heavy atom. The Labute approximate surface area is 181 Å². The molecule has 4 rings (SSSR count). The Bertz CT molecular complexity index is 1160. The van der Waals surface area contributed by atoms with Crippen LogP contribution in [-0.2, 0) is 0 Å². The summed E-state index contributed by atoms with van der Waals surface area (Å²) in [4.78, 5) is 26.1. The molecule has 6 heteroatoms. The number of allylic oxidation sites excluding steroid dienone is 1. The minimum atomic E-state index is -0.271. The van der Waals surface area contributed by atoms with Crippen molar-refractivity contribution >= 4 is 16.7 Å². The molecule has 160 valence electrons. The van der Waals surface area contributed by atoms with E-state index in [1.54, 1.807) is 42.5 Å². The van der Waals surface area contributed by atoms with Crippen molar-refractivity contribution in [2.45, 2.75) is 39.0 Å². The molecule has 1 aromatic heterocycles. The highest BCUT2D eigenvalue weighted by Gasteiger charge is 2.17. The van der Waals surface area contributed by atoms with Crippen LogP contribution in [0.3, 0.4) is 0 Å². The number of nitrogens with zero attached hydrogens (tertiary/aromatic N) is 2. The van der Waals surface area contributed by atoms with Crippen molar-refractivity contribution in [2.24, 2.45) is 0 Å². The average Bonchev–Trinajstić information content (AvgIpc) is 2.81. The number of nitrogens with one attached hydrogen (secondary N) is 1. The summed E-state index contributed by atoms with van der Waals surface area (Å²) in [5.41, 5.74) is 1.98. The third-order valence-corrected chi connectivity index (χ3v) is 5.53. The minimum Gasteiger partial charge on any atom is -0.494 e. The van der Waals surface area contributed by atoms with E-state index >= 15 is 0 Å². The molecule has 0 saturated carbocycles. The van der Waals surface area contributed by atoms with Crippen LogP contribution in [0.4, 0.5) is 0 Å². The van der Waals surface area contributed by atoms with Gasteiger partial charge in [0, 0.05) is 11.9 Å². The number of ether oxygens (including phenoxy) is 1. The van der Waals surface area contributed by atoms with Gasteiger partial charge in [-0.25, -0.2) is 0 Å². The van der Waals surface area contributed by atoms with Crippen LogP contribution < -0.4 is 15.6 Å². The van der Waals surface area contributed by atoms with Gasteiger partial charge in [0.15, 0.2) is 5.69 Å². The fraction of sp³-hybridized carbons (Fsp3) is 0.320. The average molecular weight is 418 g/mol. The molecule has 6 nitrogen and oxygen atoms in total. The third kappa shape index (κ3) is 4.68. The molecule has 2 aromatic carbocycles. The van der Waals surface area contributed by atoms with Gasteiger partial charge in [-0.3, -0.25) is 9.59 Å². The molecule has 3 aromatic rings. The first-order valence-corrected chi connectivity index (χ1v) is 10.9. The van der Waals surface area contributed by atoms with Crippen LogP contribution in [0.1, 0.15) is 49.5 Å². The molecular formula is C25H27N3O3. The van der Waals surface area contributed by atoms with Crippen molar-refractivity contribution in [1.29, 1.82) is 0 Å². The second-order valence-electron chi connectivity index (χ2n) is 7.65. The van der Waals surface area contributed by atoms with E-state index in [4.69, 9.17) is 4.74 Å². The predicted molar refractivity (Wildman–Crippen MR) is 122 cm³/mol. The molecule has 0 spiro atoms. The summed E-state index contributed by atoms with van der Waals surface area (Å²) in [5, 5.41) is 8.46. The van der Waals surface area contributed by atoms with Gasteiger partial charge >= 0.3 is 0 Å². The molecule has 1 aliphatic rings. The van der Waals surface area contributed by atoms with E-state index in [0.29, 0.717) is 29.6 Å². The maximum atomic E-state index is 13.1. The van der Waals surface area contributed by atoms with Crippen LogP contribution >= 0.6 is 0 Å². The lowest BCUT2D eigenvalue weighted by Crippen LogP contribution is -2.30. The number of amides is 1. The molecule has 0 saturated heterocycles. The molecule has 1 heterocycles. The second-order valence-corrected chi connectivity index (χ2v) is 7.65. The van der Waals surface area contributed by atoms with Crippen LogP contribution in [0.25, 0.3) is 16.5 Å². The summed E-state index contributed by atoms with van der Waals surface area (Å²) in [6.07, 6.45) is 7.84. The van der Waals surface area contributed by atoms with Crippen molar-refractivity contribution in [3.05, 3.63) is 76.2 Å². The third-order valence-electron chi connectivity index (χ3n) is 5.53. The monoisotopic (exact) mass is 417 g/mol. The molecule has 1 aliphatic carbocycles. The molecule has 0 atom stereocenters. The number of hydrogen-bond acceptors (Lipinski definition) is 4. The number of carbonyl (C=O) groups excluding carboxylic acids is 1. The number of aromatic nitrogens is 2. The first kappa shape index (κ1) is 20.8. The topological polar surface area (TPSA) is 73.2 Å². The molecular weight excluding hydrogens is 390 g/mol. The Morgan fingerprint density at radius 3 is 2.58 bits per heavy atom. The Kier molecular flexibility index (Phi) is 6.46. The highest BCUT2D eigenvalue weighted by Crippen LogP contribution is 2.20. The summed E-state index contributed by atoms with van der Waals surface area (Å²) in [6, 6.07) is 14.2. The highest BCUT2D eigenvalue weighted by atomic mass is 16.5. The molecule has 0 fully saturated rings. The first-order valence-electron chi connectivity index (χ1n) is 10.9. The summed E-state index contributed by atoms with van der Waals surface area (Å²) in [5.74, 6) is 0.447. The number of fused-ring (bicyclic) bond motifs is 1. The molecule has 31 heavy (non-hydrogen) atoms. The van der Waals surface area contributed by atoms with Gasteiger partial charge in [0.2, 0.25) is 0 Å². The van der Waals surface area contributed by atoms with Gasteiger partial charge in [-0.1, -0.05) is 29.8 Å². The van der Waals surface area contributed by atoms with E-state index in [0.717, 1.165) is 25.0 Å². The molecule has 0 aliphatic heterocycles.